The molecule has 188 valence electrons. The van der Waals surface area contributed by atoms with E-state index in [0.29, 0.717) is 29.9 Å². The van der Waals surface area contributed by atoms with E-state index < -0.39 is 12.1 Å². The molecule has 3 aromatic heterocycles. The lowest BCUT2D eigenvalue weighted by molar-refractivity contribution is -0.130. The SMILES string of the molecule is C[C@@H]1CN([C@@H](C)CO)C(=O)c2cc(-c3cncnc3)cnc2O[C@@H]1CN(C)C(=O)Cc1ccccn1. The minimum atomic E-state index is -0.429. The van der Waals surface area contributed by atoms with Crippen LogP contribution >= 0.6 is 0 Å². The first-order valence-corrected chi connectivity index (χ1v) is 11.8. The highest BCUT2D eigenvalue weighted by molar-refractivity contribution is 5.98. The second-order valence-corrected chi connectivity index (χ2v) is 9.10. The molecule has 1 aliphatic heterocycles. The molecule has 1 N–H and O–H groups in total. The van der Waals surface area contributed by atoms with Crippen LogP contribution in [-0.4, -0.2) is 85.5 Å². The van der Waals surface area contributed by atoms with Gasteiger partial charge in [0.25, 0.3) is 5.91 Å². The number of carbonyl (C=O) groups excluding carboxylic acids is 2. The van der Waals surface area contributed by atoms with Gasteiger partial charge in [-0.05, 0) is 25.1 Å². The molecule has 0 fully saturated rings. The van der Waals surface area contributed by atoms with Crippen LogP contribution in [0.15, 0.2) is 55.4 Å². The number of aromatic nitrogens is 4. The average Bonchev–Trinajstić information content (AvgIpc) is 2.91. The zero-order valence-corrected chi connectivity index (χ0v) is 20.6. The van der Waals surface area contributed by atoms with Gasteiger partial charge in [0.05, 0.1) is 25.6 Å². The lowest BCUT2D eigenvalue weighted by atomic mass is 9.99. The third-order valence-electron chi connectivity index (χ3n) is 6.35. The molecule has 1 aliphatic rings. The van der Waals surface area contributed by atoms with Crippen LogP contribution in [0.25, 0.3) is 11.1 Å². The van der Waals surface area contributed by atoms with Crippen molar-refractivity contribution in [3.63, 3.8) is 0 Å². The predicted octanol–water partition coefficient (Wildman–Crippen LogP) is 1.85. The number of aliphatic hydroxyl groups excluding tert-OH is 1. The van der Waals surface area contributed by atoms with Gasteiger partial charge >= 0.3 is 0 Å². The summed E-state index contributed by atoms with van der Waals surface area (Å²) in [6.07, 6.45) is 7.75. The van der Waals surface area contributed by atoms with Crippen molar-refractivity contribution in [2.24, 2.45) is 5.92 Å². The molecule has 0 radical (unpaired) electrons. The van der Waals surface area contributed by atoms with Crippen molar-refractivity contribution in [1.29, 1.82) is 0 Å². The maximum atomic E-state index is 13.6. The van der Waals surface area contributed by atoms with E-state index >= 15 is 0 Å². The number of fused-ring (bicyclic) bond motifs is 1. The molecule has 0 aliphatic carbocycles. The lowest BCUT2D eigenvalue weighted by Gasteiger charge is -2.37. The fourth-order valence-corrected chi connectivity index (χ4v) is 4.09. The van der Waals surface area contributed by atoms with Gasteiger partial charge in [-0.15, -0.1) is 0 Å². The Morgan fingerprint density at radius 2 is 2.00 bits per heavy atom. The molecule has 4 heterocycles. The zero-order chi connectivity index (χ0) is 25.7. The number of hydrogen-bond acceptors (Lipinski definition) is 8. The van der Waals surface area contributed by atoms with Crippen LogP contribution < -0.4 is 4.74 Å². The summed E-state index contributed by atoms with van der Waals surface area (Å²) in [6.45, 7) is 4.24. The smallest absolute Gasteiger partial charge is 0.259 e. The Bertz CT molecular complexity index is 1190. The first kappa shape index (κ1) is 25.2. The number of amides is 2. The van der Waals surface area contributed by atoms with Gasteiger partial charge in [-0.25, -0.2) is 15.0 Å². The van der Waals surface area contributed by atoms with Crippen LogP contribution in [0.1, 0.15) is 29.9 Å². The van der Waals surface area contributed by atoms with Gasteiger partial charge in [0.2, 0.25) is 11.8 Å². The number of likely N-dealkylation sites (N-methyl/N-ethyl adjacent to an activating group) is 1. The third-order valence-corrected chi connectivity index (χ3v) is 6.35. The van der Waals surface area contributed by atoms with Gasteiger partial charge < -0.3 is 19.6 Å². The number of rotatable bonds is 7. The molecule has 4 rings (SSSR count). The molecule has 0 saturated heterocycles. The fourth-order valence-electron chi connectivity index (χ4n) is 4.09. The Morgan fingerprint density at radius 3 is 2.69 bits per heavy atom. The molecule has 0 saturated carbocycles. The molecule has 3 atom stereocenters. The van der Waals surface area contributed by atoms with E-state index in [1.54, 1.807) is 54.6 Å². The summed E-state index contributed by atoms with van der Waals surface area (Å²) < 4.78 is 6.28. The summed E-state index contributed by atoms with van der Waals surface area (Å²) >= 11 is 0. The minimum Gasteiger partial charge on any atom is -0.472 e. The zero-order valence-electron chi connectivity index (χ0n) is 20.6. The van der Waals surface area contributed by atoms with Crippen molar-refractivity contribution in [2.45, 2.75) is 32.4 Å². The Labute approximate surface area is 210 Å². The molecule has 2 amide bonds. The summed E-state index contributed by atoms with van der Waals surface area (Å²) in [7, 11) is 1.73. The molecule has 36 heavy (non-hydrogen) atoms. The van der Waals surface area contributed by atoms with E-state index in [1.807, 2.05) is 25.1 Å². The number of nitrogens with zero attached hydrogens (tertiary/aromatic N) is 6. The predicted molar refractivity (Wildman–Crippen MR) is 132 cm³/mol. The van der Waals surface area contributed by atoms with E-state index in [4.69, 9.17) is 4.74 Å². The third kappa shape index (κ3) is 5.65. The number of carbonyl (C=O) groups is 2. The highest BCUT2D eigenvalue weighted by atomic mass is 16.5. The summed E-state index contributed by atoms with van der Waals surface area (Å²) in [5.41, 5.74) is 2.37. The normalized spacial score (nSPS) is 18.4. The van der Waals surface area contributed by atoms with Crippen LogP contribution in [-0.2, 0) is 11.2 Å². The summed E-state index contributed by atoms with van der Waals surface area (Å²) in [4.78, 5) is 46.5. The highest BCUT2D eigenvalue weighted by Crippen LogP contribution is 2.30. The van der Waals surface area contributed by atoms with Crippen molar-refractivity contribution in [3.05, 3.63) is 66.6 Å². The van der Waals surface area contributed by atoms with Gasteiger partial charge in [0, 0.05) is 61.1 Å². The monoisotopic (exact) mass is 490 g/mol. The minimum absolute atomic E-state index is 0.0872. The number of pyridine rings is 2. The van der Waals surface area contributed by atoms with Gasteiger partial charge in [-0.1, -0.05) is 13.0 Å². The second kappa shape index (κ2) is 11.2. The molecule has 0 spiro atoms. The standard InChI is InChI=1S/C26H30N6O4/c1-17-13-32(18(2)15-33)26(35)22-8-19(20-10-27-16-28-11-20)12-30-25(22)36-23(17)14-31(3)24(34)9-21-6-4-5-7-29-21/h4-8,10-12,16-18,23,33H,9,13-15H2,1-3H3/t17-,18+,23-/m1/s1. The van der Waals surface area contributed by atoms with Gasteiger partial charge in [0.1, 0.15) is 18.0 Å². The second-order valence-electron chi connectivity index (χ2n) is 9.10. The summed E-state index contributed by atoms with van der Waals surface area (Å²) in [5, 5.41) is 9.84. The molecule has 10 nitrogen and oxygen atoms in total. The quantitative estimate of drug-likeness (QED) is 0.533. The Hall–Kier alpha value is -3.92. The van der Waals surface area contributed by atoms with Crippen LogP contribution in [0.4, 0.5) is 0 Å². The first-order valence-electron chi connectivity index (χ1n) is 11.8. The van der Waals surface area contributed by atoms with Crippen LogP contribution in [0.5, 0.6) is 5.88 Å². The Balaban J connectivity index is 1.62. The Morgan fingerprint density at radius 1 is 1.22 bits per heavy atom. The first-order chi connectivity index (χ1) is 17.4. The maximum Gasteiger partial charge on any atom is 0.259 e. The molecular formula is C26H30N6O4. The molecular weight excluding hydrogens is 460 g/mol. The highest BCUT2D eigenvalue weighted by Gasteiger charge is 2.34. The average molecular weight is 491 g/mol. The summed E-state index contributed by atoms with van der Waals surface area (Å²) in [6, 6.07) is 6.78. The van der Waals surface area contributed by atoms with Gasteiger partial charge in [0.15, 0.2) is 0 Å². The van der Waals surface area contributed by atoms with Crippen molar-refractivity contribution in [3.8, 4) is 17.0 Å². The maximum absolute atomic E-state index is 13.6. The van der Waals surface area contributed by atoms with Crippen LogP contribution in [0, 0.1) is 5.92 Å². The van der Waals surface area contributed by atoms with Gasteiger partial charge in [-0.2, -0.15) is 0 Å². The topological polar surface area (TPSA) is 122 Å². The molecule has 0 aromatic carbocycles. The molecule has 0 unspecified atom stereocenters. The molecule has 10 heteroatoms. The Kier molecular flexibility index (Phi) is 7.84. The molecule has 3 aromatic rings. The summed E-state index contributed by atoms with van der Waals surface area (Å²) in [5.74, 6) is -0.304. The van der Waals surface area contributed by atoms with E-state index in [-0.39, 0.29) is 42.2 Å². The fraction of sp³-hybridized carbons (Fsp3) is 0.385. The number of ether oxygens (including phenoxy) is 1. The lowest BCUT2D eigenvalue weighted by Crippen LogP contribution is -2.50. The molecule has 0 bridgehead atoms. The number of hydrogen-bond donors (Lipinski definition) is 1. The van der Waals surface area contributed by atoms with Crippen molar-refractivity contribution >= 4 is 11.8 Å². The largest absolute Gasteiger partial charge is 0.472 e. The van der Waals surface area contributed by atoms with Gasteiger partial charge in [-0.3, -0.25) is 14.6 Å². The van der Waals surface area contributed by atoms with Crippen LogP contribution in [0.3, 0.4) is 0 Å². The number of aliphatic hydroxyl groups is 1. The van der Waals surface area contributed by atoms with E-state index in [1.165, 1.54) is 6.33 Å². The van der Waals surface area contributed by atoms with Crippen molar-refractivity contribution in [2.75, 3.05) is 26.7 Å². The van der Waals surface area contributed by atoms with Crippen molar-refractivity contribution in [1.82, 2.24) is 29.7 Å². The van der Waals surface area contributed by atoms with Crippen molar-refractivity contribution < 1.29 is 19.4 Å². The van der Waals surface area contributed by atoms with E-state index in [9.17, 15) is 14.7 Å². The van der Waals surface area contributed by atoms with E-state index in [2.05, 4.69) is 19.9 Å². The van der Waals surface area contributed by atoms with Crippen LogP contribution in [0.2, 0.25) is 0 Å². The van der Waals surface area contributed by atoms with E-state index in [0.717, 1.165) is 0 Å².